The lowest BCUT2D eigenvalue weighted by atomic mass is 10.2. The van der Waals surface area contributed by atoms with E-state index in [-0.39, 0.29) is 12.0 Å². The summed E-state index contributed by atoms with van der Waals surface area (Å²) in [7, 11) is 1.93. The van der Waals surface area contributed by atoms with Crippen LogP contribution in [-0.2, 0) is 9.53 Å². The number of hydrogen-bond donors (Lipinski definition) is 1. The van der Waals surface area contributed by atoms with Crippen molar-refractivity contribution >= 4 is 5.91 Å². The largest absolute Gasteiger partial charge is 0.374 e. The fraction of sp³-hybridized carbons (Fsp3) is 0.800. The Morgan fingerprint density at radius 1 is 1.60 bits per heavy atom. The molecular weight excluding hydrogens is 254 g/mol. The fourth-order valence-corrected chi connectivity index (χ4v) is 2.99. The Balaban J connectivity index is 1.86. The van der Waals surface area contributed by atoms with Crippen molar-refractivity contribution in [3.8, 4) is 0 Å². The summed E-state index contributed by atoms with van der Waals surface area (Å²) in [5, 5.41) is 3.13. The molecule has 114 valence electrons. The number of likely N-dealkylation sites (N-methyl/N-ethyl adjacent to an activating group) is 2. The van der Waals surface area contributed by atoms with Gasteiger partial charge in [-0.15, -0.1) is 0 Å². The number of morpholine rings is 1. The van der Waals surface area contributed by atoms with Gasteiger partial charge in [0, 0.05) is 31.9 Å². The van der Waals surface area contributed by atoms with Crippen molar-refractivity contribution in [3.05, 3.63) is 11.8 Å². The first-order valence-electron chi connectivity index (χ1n) is 7.72. The maximum absolute atomic E-state index is 12.5. The summed E-state index contributed by atoms with van der Waals surface area (Å²) in [5.74, 6) is 0.228. The average Bonchev–Trinajstić information content (AvgIpc) is 2.94. The van der Waals surface area contributed by atoms with Crippen LogP contribution in [0.25, 0.3) is 0 Å². The molecule has 1 fully saturated rings. The van der Waals surface area contributed by atoms with E-state index in [0.29, 0.717) is 13.2 Å². The van der Waals surface area contributed by atoms with Crippen LogP contribution in [0.5, 0.6) is 0 Å². The lowest BCUT2D eigenvalue weighted by Gasteiger charge is -2.34. The van der Waals surface area contributed by atoms with Crippen molar-refractivity contribution in [2.24, 2.45) is 0 Å². The molecular formula is C15H27N3O2. The van der Waals surface area contributed by atoms with Crippen LogP contribution in [0.1, 0.15) is 26.2 Å². The van der Waals surface area contributed by atoms with Crippen LogP contribution in [0.2, 0.25) is 0 Å². The molecule has 1 aliphatic heterocycles. The molecule has 1 N–H and O–H groups in total. The minimum absolute atomic E-state index is 0.197. The Morgan fingerprint density at radius 3 is 3.10 bits per heavy atom. The number of rotatable bonds is 6. The van der Waals surface area contributed by atoms with E-state index < -0.39 is 0 Å². The van der Waals surface area contributed by atoms with Gasteiger partial charge in [0.2, 0.25) is 5.91 Å². The smallest absolute Gasteiger partial charge is 0.240 e. The monoisotopic (exact) mass is 281 g/mol. The third-order valence-electron chi connectivity index (χ3n) is 3.99. The zero-order chi connectivity index (χ0) is 14.4. The second kappa shape index (κ2) is 7.76. The number of nitrogens with one attached hydrogen (secondary N) is 1. The predicted octanol–water partition coefficient (Wildman–Crippen LogP) is 0.823. The number of amides is 1. The van der Waals surface area contributed by atoms with Crippen molar-refractivity contribution in [2.75, 3.05) is 46.4 Å². The third-order valence-corrected chi connectivity index (χ3v) is 3.99. The molecule has 1 atom stereocenters. The van der Waals surface area contributed by atoms with E-state index in [2.05, 4.69) is 23.2 Å². The molecule has 1 heterocycles. The zero-order valence-corrected chi connectivity index (χ0v) is 12.7. The van der Waals surface area contributed by atoms with Gasteiger partial charge in [0.1, 0.15) is 0 Å². The molecule has 5 heteroatoms. The highest BCUT2D eigenvalue weighted by Gasteiger charge is 2.25. The first kappa shape index (κ1) is 15.5. The molecule has 5 nitrogen and oxygen atoms in total. The Bertz CT molecular complexity index is 355. The molecule has 0 saturated carbocycles. The first-order valence-corrected chi connectivity index (χ1v) is 7.72. The summed E-state index contributed by atoms with van der Waals surface area (Å²) in [6.45, 7) is 6.58. The number of allylic oxidation sites excluding steroid dienone is 2. The maximum atomic E-state index is 12.5. The molecule has 1 unspecified atom stereocenters. The number of ether oxygens (including phenoxy) is 1. The standard InChI is InChI=1S/C15H27N3O2/c1-3-18(13-6-4-5-7-13)15(19)12-17-8-9-20-14(11-17)10-16-2/h6,14,16H,3-5,7-12H2,1-2H3. The first-order chi connectivity index (χ1) is 9.74. The van der Waals surface area contributed by atoms with Crippen LogP contribution >= 0.6 is 0 Å². The van der Waals surface area contributed by atoms with Gasteiger partial charge in [-0.1, -0.05) is 6.08 Å². The van der Waals surface area contributed by atoms with E-state index in [0.717, 1.165) is 39.0 Å². The van der Waals surface area contributed by atoms with Gasteiger partial charge >= 0.3 is 0 Å². The van der Waals surface area contributed by atoms with Crippen LogP contribution in [0, 0.1) is 0 Å². The third kappa shape index (κ3) is 4.04. The summed E-state index contributed by atoms with van der Waals surface area (Å²) in [5.41, 5.74) is 1.22. The van der Waals surface area contributed by atoms with E-state index in [1.807, 2.05) is 11.9 Å². The van der Waals surface area contributed by atoms with Crippen LogP contribution in [0.15, 0.2) is 11.8 Å². The summed E-state index contributed by atoms with van der Waals surface area (Å²) in [6, 6.07) is 0. The molecule has 1 aliphatic carbocycles. The van der Waals surface area contributed by atoms with Crippen LogP contribution < -0.4 is 5.32 Å². The highest BCUT2D eigenvalue weighted by atomic mass is 16.5. The molecule has 0 aromatic carbocycles. The second-order valence-electron chi connectivity index (χ2n) is 5.51. The van der Waals surface area contributed by atoms with Gasteiger partial charge in [-0.05, 0) is 33.2 Å². The normalized spacial score (nSPS) is 23.7. The maximum Gasteiger partial charge on any atom is 0.240 e. The lowest BCUT2D eigenvalue weighted by Crippen LogP contribution is -2.49. The number of hydrogen-bond acceptors (Lipinski definition) is 4. The van der Waals surface area contributed by atoms with Crippen molar-refractivity contribution in [3.63, 3.8) is 0 Å². The van der Waals surface area contributed by atoms with Gasteiger partial charge in [0.05, 0.1) is 19.3 Å². The molecule has 0 aromatic rings. The van der Waals surface area contributed by atoms with Gasteiger partial charge in [-0.2, -0.15) is 0 Å². The van der Waals surface area contributed by atoms with E-state index in [1.54, 1.807) is 0 Å². The molecule has 20 heavy (non-hydrogen) atoms. The highest BCUT2D eigenvalue weighted by molar-refractivity contribution is 5.80. The van der Waals surface area contributed by atoms with Crippen LogP contribution in [-0.4, -0.2) is 68.2 Å². The topological polar surface area (TPSA) is 44.8 Å². The molecule has 1 saturated heterocycles. The highest BCUT2D eigenvalue weighted by Crippen LogP contribution is 2.21. The minimum Gasteiger partial charge on any atom is -0.374 e. The Hall–Kier alpha value is -0.910. The summed E-state index contributed by atoms with van der Waals surface area (Å²) < 4.78 is 5.68. The van der Waals surface area contributed by atoms with Crippen molar-refractivity contribution in [2.45, 2.75) is 32.3 Å². The molecule has 0 spiro atoms. The second-order valence-corrected chi connectivity index (χ2v) is 5.51. The quantitative estimate of drug-likeness (QED) is 0.783. The SMILES string of the molecule is CCN(C(=O)CN1CCOC(CNC)C1)C1=CCCC1. The Kier molecular flexibility index (Phi) is 6.01. The summed E-state index contributed by atoms with van der Waals surface area (Å²) in [4.78, 5) is 16.6. The zero-order valence-electron chi connectivity index (χ0n) is 12.7. The van der Waals surface area contributed by atoms with E-state index in [9.17, 15) is 4.79 Å². The van der Waals surface area contributed by atoms with Gasteiger partial charge in [0.25, 0.3) is 0 Å². The number of carbonyl (C=O) groups excluding carboxylic acids is 1. The summed E-state index contributed by atoms with van der Waals surface area (Å²) in [6.07, 6.45) is 5.75. The van der Waals surface area contributed by atoms with E-state index >= 15 is 0 Å². The molecule has 1 amide bonds. The van der Waals surface area contributed by atoms with Crippen molar-refractivity contribution in [1.29, 1.82) is 0 Å². The van der Waals surface area contributed by atoms with Gasteiger partial charge < -0.3 is 15.0 Å². The molecule has 0 bridgehead atoms. The average molecular weight is 281 g/mol. The van der Waals surface area contributed by atoms with Gasteiger partial charge in [-0.25, -0.2) is 0 Å². The summed E-state index contributed by atoms with van der Waals surface area (Å²) >= 11 is 0. The molecule has 2 rings (SSSR count). The van der Waals surface area contributed by atoms with Crippen molar-refractivity contribution < 1.29 is 9.53 Å². The van der Waals surface area contributed by atoms with Gasteiger partial charge in [-0.3, -0.25) is 9.69 Å². The molecule has 0 aromatic heterocycles. The Morgan fingerprint density at radius 2 is 2.45 bits per heavy atom. The fourth-order valence-electron chi connectivity index (χ4n) is 2.99. The van der Waals surface area contributed by atoms with Crippen LogP contribution in [0.3, 0.4) is 0 Å². The number of nitrogens with zero attached hydrogens (tertiary/aromatic N) is 2. The van der Waals surface area contributed by atoms with Gasteiger partial charge in [0.15, 0.2) is 0 Å². The minimum atomic E-state index is 0.197. The molecule has 0 radical (unpaired) electrons. The number of carbonyl (C=O) groups is 1. The Labute approximate surface area is 121 Å². The van der Waals surface area contributed by atoms with Crippen LogP contribution in [0.4, 0.5) is 0 Å². The predicted molar refractivity (Wildman–Crippen MR) is 79.4 cm³/mol. The lowest BCUT2D eigenvalue weighted by molar-refractivity contribution is -0.132. The van der Waals surface area contributed by atoms with E-state index in [1.165, 1.54) is 12.1 Å². The van der Waals surface area contributed by atoms with E-state index in [4.69, 9.17) is 4.74 Å². The molecule has 2 aliphatic rings. The van der Waals surface area contributed by atoms with Crippen molar-refractivity contribution in [1.82, 2.24) is 15.1 Å².